The van der Waals surface area contributed by atoms with Crippen LogP contribution in [-0.4, -0.2) is 5.97 Å². The Kier molecular flexibility index (Phi) is 1.47. The highest BCUT2D eigenvalue weighted by Gasteiger charge is 2.74. The van der Waals surface area contributed by atoms with Crippen LogP contribution in [0.5, 0.6) is 0 Å². The normalized spacial score (nSPS) is 43.8. The molecule has 1 aromatic carbocycles. The highest BCUT2D eigenvalue weighted by molar-refractivity contribution is 5.81. The average molecular weight is 214 g/mol. The van der Waals surface area contributed by atoms with Crippen LogP contribution in [0.1, 0.15) is 24.8 Å². The van der Waals surface area contributed by atoms with Crippen molar-refractivity contribution >= 4 is 5.97 Å². The van der Waals surface area contributed by atoms with E-state index < -0.39 is 0 Å². The SMILES string of the molecule is O=C1OC2(c3ccccc3)[C@@H]3CCC[C@H]2C13. The molecule has 0 aromatic heterocycles. The third-order valence-corrected chi connectivity index (χ3v) is 4.77. The number of ether oxygens (including phenoxy) is 1. The second-order valence-electron chi connectivity index (χ2n) is 5.25. The first kappa shape index (κ1) is 8.80. The summed E-state index contributed by atoms with van der Waals surface area (Å²) in [5, 5.41) is 0. The molecule has 2 aliphatic carbocycles. The average Bonchev–Trinajstić information content (AvgIpc) is 2.83. The molecule has 16 heavy (non-hydrogen) atoms. The van der Waals surface area contributed by atoms with Crippen molar-refractivity contribution in [3.8, 4) is 0 Å². The summed E-state index contributed by atoms with van der Waals surface area (Å²) in [7, 11) is 0. The zero-order valence-corrected chi connectivity index (χ0v) is 9.06. The summed E-state index contributed by atoms with van der Waals surface area (Å²) in [6.07, 6.45) is 3.57. The summed E-state index contributed by atoms with van der Waals surface area (Å²) in [4.78, 5) is 11.8. The van der Waals surface area contributed by atoms with E-state index in [9.17, 15) is 4.79 Å². The number of hydrogen-bond acceptors (Lipinski definition) is 2. The van der Waals surface area contributed by atoms with Crippen LogP contribution in [0, 0.1) is 17.8 Å². The number of benzene rings is 1. The van der Waals surface area contributed by atoms with Crippen molar-refractivity contribution in [2.24, 2.45) is 17.8 Å². The molecule has 2 heterocycles. The largest absolute Gasteiger partial charge is 0.453 e. The molecule has 0 amide bonds. The van der Waals surface area contributed by atoms with Crippen LogP contribution >= 0.6 is 0 Å². The maximum atomic E-state index is 11.8. The molecule has 2 heteroatoms. The predicted octanol–water partition coefficient (Wildman–Crippen LogP) is 2.48. The molecule has 0 N–H and O–H groups in total. The van der Waals surface area contributed by atoms with Gasteiger partial charge in [-0.1, -0.05) is 36.8 Å². The lowest BCUT2D eigenvalue weighted by molar-refractivity contribution is -0.156. The van der Waals surface area contributed by atoms with Crippen LogP contribution in [0.2, 0.25) is 0 Å². The van der Waals surface area contributed by atoms with Gasteiger partial charge in [0.1, 0.15) is 5.60 Å². The van der Waals surface area contributed by atoms with E-state index in [-0.39, 0.29) is 17.5 Å². The van der Waals surface area contributed by atoms with E-state index >= 15 is 0 Å². The molecule has 4 bridgehead atoms. The van der Waals surface area contributed by atoms with Crippen LogP contribution in [0.3, 0.4) is 0 Å². The van der Waals surface area contributed by atoms with E-state index in [0.717, 1.165) is 12.8 Å². The first-order valence-electron chi connectivity index (χ1n) is 6.12. The molecule has 2 unspecified atom stereocenters. The second-order valence-corrected chi connectivity index (χ2v) is 5.25. The molecule has 2 nitrogen and oxygen atoms in total. The summed E-state index contributed by atoms with van der Waals surface area (Å²) in [5.41, 5.74) is 0.980. The molecule has 2 saturated carbocycles. The standard InChI is InChI=1S/C14H14O2/c15-13-12-10-7-4-8-11(12)14(10,16-13)9-5-2-1-3-6-9/h1-3,5-6,10-12H,4,7-8H2/t10-,11+,12?,14?. The van der Waals surface area contributed by atoms with Gasteiger partial charge in [-0.25, -0.2) is 0 Å². The zero-order chi connectivity index (χ0) is 10.8. The van der Waals surface area contributed by atoms with Crippen molar-refractivity contribution in [1.82, 2.24) is 0 Å². The van der Waals surface area contributed by atoms with Crippen LogP contribution in [0.4, 0.5) is 0 Å². The molecule has 82 valence electrons. The molecule has 4 atom stereocenters. The van der Waals surface area contributed by atoms with Crippen LogP contribution < -0.4 is 0 Å². The van der Waals surface area contributed by atoms with Gasteiger partial charge in [0.2, 0.25) is 0 Å². The number of fused-ring (bicyclic) bond motifs is 1. The van der Waals surface area contributed by atoms with E-state index in [1.807, 2.05) is 18.2 Å². The minimum Gasteiger partial charge on any atom is -0.453 e. The number of hydrogen-bond donors (Lipinski definition) is 0. The minimum atomic E-state index is -0.235. The number of carbonyl (C=O) groups excluding carboxylic acids is 1. The van der Waals surface area contributed by atoms with Gasteiger partial charge in [0.05, 0.1) is 5.92 Å². The van der Waals surface area contributed by atoms with Gasteiger partial charge in [0.15, 0.2) is 0 Å². The molecule has 5 rings (SSSR count). The molecule has 0 spiro atoms. The van der Waals surface area contributed by atoms with Crippen molar-refractivity contribution in [2.75, 3.05) is 0 Å². The monoisotopic (exact) mass is 214 g/mol. The van der Waals surface area contributed by atoms with Crippen LogP contribution in [0.15, 0.2) is 30.3 Å². The summed E-state index contributed by atoms with van der Waals surface area (Å²) in [5.74, 6) is 1.19. The molecule has 4 fully saturated rings. The third kappa shape index (κ3) is 0.762. The summed E-state index contributed by atoms with van der Waals surface area (Å²) < 4.78 is 5.74. The van der Waals surface area contributed by atoms with Crippen LogP contribution in [-0.2, 0) is 15.1 Å². The van der Waals surface area contributed by atoms with E-state index in [4.69, 9.17) is 4.74 Å². The first-order valence-corrected chi connectivity index (χ1v) is 6.12. The number of esters is 1. The highest BCUT2D eigenvalue weighted by atomic mass is 16.6. The molecule has 2 saturated heterocycles. The van der Waals surface area contributed by atoms with E-state index in [1.165, 1.54) is 12.0 Å². The van der Waals surface area contributed by atoms with Crippen molar-refractivity contribution < 1.29 is 9.53 Å². The van der Waals surface area contributed by atoms with Gasteiger partial charge in [-0.3, -0.25) is 4.79 Å². The van der Waals surface area contributed by atoms with Gasteiger partial charge in [-0.05, 0) is 18.4 Å². The summed E-state index contributed by atoms with van der Waals surface area (Å²) in [6.45, 7) is 0. The minimum absolute atomic E-state index is 0.0542. The topological polar surface area (TPSA) is 26.3 Å². The molecular weight excluding hydrogens is 200 g/mol. The Hall–Kier alpha value is -1.31. The third-order valence-electron chi connectivity index (χ3n) is 4.77. The second kappa shape index (κ2) is 2.68. The Morgan fingerprint density at radius 2 is 1.81 bits per heavy atom. The van der Waals surface area contributed by atoms with Gasteiger partial charge in [-0.15, -0.1) is 0 Å². The highest BCUT2D eigenvalue weighted by Crippen LogP contribution is 2.69. The van der Waals surface area contributed by atoms with E-state index in [2.05, 4.69) is 12.1 Å². The van der Waals surface area contributed by atoms with Gasteiger partial charge in [0.25, 0.3) is 0 Å². The van der Waals surface area contributed by atoms with Gasteiger partial charge >= 0.3 is 5.97 Å². The lowest BCUT2D eigenvalue weighted by Gasteiger charge is -2.54. The van der Waals surface area contributed by atoms with Crippen molar-refractivity contribution in [1.29, 1.82) is 0 Å². The summed E-state index contributed by atoms with van der Waals surface area (Å²) >= 11 is 0. The molecule has 0 radical (unpaired) electrons. The lowest BCUT2D eigenvalue weighted by Crippen LogP contribution is -2.56. The molecular formula is C14H14O2. The fourth-order valence-electron chi connectivity index (χ4n) is 4.22. The van der Waals surface area contributed by atoms with Crippen LogP contribution in [0.25, 0.3) is 0 Å². The van der Waals surface area contributed by atoms with Crippen molar-refractivity contribution in [3.63, 3.8) is 0 Å². The fourth-order valence-corrected chi connectivity index (χ4v) is 4.22. The van der Waals surface area contributed by atoms with Crippen molar-refractivity contribution in [3.05, 3.63) is 35.9 Å². The van der Waals surface area contributed by atoms with Gasteiger partial charge in [0, 0.05) is 11.8 Å². The maximum Gasteiger partial charge on any atom is 0.310 e. The first-order chi connectivity index (χ1) is 7.84. The summed E-state index contributed by atoms with van der Waals surface area (Å²) in [6, 6.07) is 10.3. The fraction of sp³-hybridized carbons (Fsp3) is 0.500. The van der Waals surface area contributed by atoms with Gasteiger partial charge in [-0.2, -0.15) is 0 Å². The lowest BCUT2D eigenvalue weighted by atomic mass is 9.48. The van der Waals surface area contributed by atoms with Crippen molar-refractivity contribution in [2.45, 2.75) is 24.9 Å². The zero-order valence-electron chi connectivity index (χ0n) is 9.06. The number of rotatable bonds is 1. The Balaban J connectivity index is 1.86. The van der Waals surface area contributed by atoms with E-state index in [1.54, 1.807) is 0 Å². The Labute approximate surface area is 94.6 Å². The smallest absolute Gasteiger partial charge is 0.310 e. The Morgan fingerprint density at radius 3 is 2.50 bits per heavy atom. The maximum absolute atomic E-state index is 11.8. The Morgan fingerprint density at radius 1 is 1.12 bits per heavy atom. The molecule has 4 aliphatic rings. The molecule has 1 aromatic rings. The quantitative estimate of drug-likeness (QED) is 0.671. The van der Waals surface area contributed by atoms with Gasteiger partial charge < -0.3 is 4.74 Å². The Bertz CT molecular complexity index is 439. The predicted molar refractivity (Wildman–Crippen MR) is 58.5 cm³/mol. The molecule has 2 aliphatic heterocycles. The number of carbonyl (C=O) groups is 1. The van der Waals surface area contributed by atoms with E-state index in [0.29, 0.717) is 11.8 Å².